The van der Waals surface area contributed by atoms with Gasteiger partial charge in [0, 0.05) is 22.5 Å². The Morgan fingerprint density at radius 2 is 0.794 bits per heavy atom. The first-order valence-corrected chi connectivity index (χ1v) is 24.1. The van der Waals surface area contributed by atoms with Crippen molar-refractivity contribution in [3.8, 4) is 22.3 Å². The average Bonchev–Trinajstić information content (AvgIpc) is 3.78. The molecule has 0 saturated heterocycles. The van der Waals surface area contributed by atoms with Crippen molar-refractivity contribution < 1.29 is 0 Å². The molecule has 0 amide bonds. The van der Waals surface area contributed by atoms with Crippen LogP contribution in [0.5, 0.6) is 0 Å². The Bertz CT molecular complexity index is 2760. The molecule has 8 aromatic rings. The Balaban J connectivity index is 1.17. The molecule has 8 aromatic carbocycles. The molecule has 0 fully saturated rings. The summed E-state index contributed by atoms with van der Waals surface area (Å²) in [5.74, 6) is 0. The van der Waals surface area contributed by atoms with E-state index in [9.17, 15) is 0 Å². The third-order valence-corrected chi connectivity index (χ3v) is 14.6. The molecule has 0 aromatic heterocycles. The number of benzene rings is 8. The summed E-state index contributed by atoms with van der Waals surface area (Å²) >= 11 is 0. The van der Waals surface area contributed by atoms with Crippen molar-refractivity contribution in [3.05, 3.63) is 221 Å². The lowest BCUT2D eigenvalue weighted by Crippen LogP contribution is -2.28. The fraction of sp³-hybridized carbons (Fsp3) is 0.258. The molecular formula is C62H61N. The zero-order valence-electron chi connectivity index (χ0n) is 37.3. The first-order chi connectivity index (χ1) is 31.2. The van der Waals surface area contributed by atoms with Gasteiger partial charge in [0.2, 0.25) is 0 Å². The molecule has 0 aliphatic heterocycles. The highest BCUT2D eigenvalue weighted by Gasteiger charge is 2.47. The van der Waals surface area contributed by atoms with E-state index in [0.717, 1.165) is 0 Å². The maximum Gasteiger partial charge on any atom is 0.0714 e. The Labute approximate surface area is 376 Å². The van der Waals surface area contributed by atoms with Crippen LogP contribution in [0.25, 0.3) is 33.0 Å². The number of nitrogens with zero attached hydrogens (tertiary/aromatic N) is 1. The molecule has 1 heteroatoms. The fourth-order valence-corrected chi connectivity index (χ4v) is 11.6. The van der Waals surface area contributed by atoms with Gasteiger partial charge in [-0.1, -0.05) is 218 Å². The lowest BCUT2D eigenvalue weighted by molar-refractivity contribution is 0.399. The van der Waals surface area contributed by atoms with Crippen molar-refractivity contribution in [1.29, 1.82) is 0 Å². The molecule has 0 saturated carbocycles. The maximum absolute atomic E-state index is 2.61. The zero-order valence-corrected chi connectivity index (χ0v) is 37.3. The van der Waals surface area contributed by atoms with Gasteiger partial charge in [0.25, 0.3) is 0 Å². The van der Waals surface area contributed by atoms with Gasteiger partial charge in [-0.15, -0.1) is 0 Å². The molecule has 0 radical (unpaired) electrons. The van der Waals surface area contributed by atoms with Crippen LogP contribution < -0.4 is 4.90 Å². The summed E-state index contributed by atoms with van der Waals surface area (Å²) in [6.07, 6.45) is 15.4. The van der Waals surface area contributed by atoms with Crippen molar-refractivity contribution >= 4 is 27.8 Å². The predicted octanol–water partition coefficient (Wildman–Crippen LogP) is 17.7. The second-order valence-electron chi connectivity index (χ2n) is 18.3. The van der Waals surface area contributed by atoms with E-state index >= 15 is 0 Å². The van der Waals surface area contributed by atoms with E-state index in [-0.39, 0.29) is 5.41 Å². The van der Waals surface area contributed by atoms with Gasteiger partial charge in [0.1, 0.15) is 0 Å². The summed E-state index contributed by atoms with van der Waals surface area (Å²) in [5, 5.41) is 2.54. The van der Waals surface area contributed by atoms with Crippen LogP contribution in [0.4, 0.5) is 17.1 Å². The summed E-state index contributed by atoms with van der Waals surface area (Å²) in [6, 6.07) is 71.6. The number of hydrogen-bond donors (Lipinski definition) is 0. The number of unbranched alkanes of at least 4 members (excludes halogenated alkanes) is 8. The molecule has 2 aliphatic carbocycles. The van der Waals surface area contributed by atoms with Gasteiger partial charge in [0.05, 0.1) is 5.41 Å². The van der Waals surface area contributed by atoms with Gasteiger partial charge in [-0.2, -0.15) is 0 Å². The monoisotopic (exact) mass is 819 g/mol. The molecular weight excluding hydrogens is 759 g/mol. The second kappa shape index (κ2) is 17.9. The van der Waals surface area contributed by atoms with Gasteiger partial charge in [-0.25, -0.2) is 0 Å². The fourth-order valence-electron chi connectivity index (χ4n) is 11.6. The van der Waals surface area contributed by atoms with E-state index < -0.39 is 5.41 Å². The lowest BCUT2D eigenvalue weighted by Gasteiger charge is -2.35. The van der Waals surface area contributed by atoms with Gasteiger partial charge in [-0.3, -0.25) is 0 Å². The van der Waals surface area contributed by atoms with E-state index in [1.807, 2.05) is 0 Å². The van der Waals surface area contributed by atoms with Crippen molar-refractivity contribution in [2.45, 2.75) is 102 Å². The number of rotatable bonds is 17. The maximum atomic E-state index is 2.61. The van der Waals surface area contributed by atoms with E-state index in [0.29, 0.717) is 0 Å². The van der Waals surface area contributed by atoms with Crippen LogP contribution in [0, 0.1) is 0 Å². The minimum Gasteiger partial charge on any atom is -0.310 e. The number of hydrogen-bond acceptors (Lipinski definition) is 1. The minimum atomic E-state index is -0.514. The van der Waals surface area contributed by atoms with Crippen LogP contribution in [-0.4, -0.2) is 0 Å². The summed E-state index contributed by atoms with van der Waals surface area (Å²) in [4.78, 5) is 2.54. The molecule has 10 rings (SSSR count). The quantitative estimate of drug-likeness (QED) is 0.0827. The van der Waals surface area contributed by atoms with Crippen LogP contribution in [-0.2, 0) is 10.8 Å². The van der Waals surface area contributed by atoms with E-state index in [1.54, 1.807) is 5.56 Å². The van der Waals surface area contributed by atoms with Crippen LogP contribution in [0.15, 0.2) is 188 Å². The predicted molar refractivity (Wildman–Crippen MR) is 269 cm³/mol. The van der Waals surface area contributed by atoms with Crippen LogP contribution >= 0.6 is 0 Å². The van der Waals surface area contributed by atoms with Gasteiger partial charge < -0.3 is 4.90 Å². The van der Waals surface area contributed by atoms with Gasteiger partial charge in [-0.05, 0) is 128 Å². The molecule has 0 bridgehead atoms. The number of para-hydroxylation sites is 1. The van der Waals surface area contributed by atoms with Gasteiger partial charge >= 0.3 is 0 Å². The van der Waals surface area contributed by atoms with Gasteiger partial charge in [0.15, 0.2) is 0 Å². The molecule has 0 N–H and O–H groups in total. The van der Waals surface area contributed by atoms with Crippen molar-refractivity contribution in [3.63, 3.8) is 0 Å². The average molecular weight is 820 g/mol. The Morgan fingerprint density at radius 3 is 1.40 bits per heavy atom. The number of fused-ring (bicyclic) bond motifs is 7. The molecule has 0 unspecified atom stereocenters. The molecule has 0 atom stereocenters. The highest BCUT2D eigenvalue weighted by molar-refractivity contribution is 5.97. The minimum absolute atomic E-state index is 0.0000805. The molecule has 0 heterocycles. The first kappa shape index (κ1) is 40.9. The molecule has 0 spiro atoms. The van der Waals surface area contributed by atoms with Crippen LogP contribution in [0.3, 0.4) is 0 Å². The largest absolute Gasteiger partial charge is 0.310 e. The second-order valence-corrected chi connectivity index (χ2v) is 18.3. The molecule has 63 heavy (non-hydrogen) atoms. The van der Waals surface area contributed by atoms with E-state index in [1.165, 1.54) is 155 Å². The van der Waals surface area contributed by atoms with E-state index in [4.69, 9.17) is 0 Å². The Hall–Kier alpha value is -6.18. The number of anilines is 3. The topological polar surface area (TPSA) is 3.24 Å². The van der Waals surface area contributed by atoms with Crippen molar-refractivity contribution in [2.75, 3.05) is 4.90 Å². The third-order valence-electron chi connectivity index (χ3n) is 14.6. The van der Waals surface area contributed by atoms with E-state index in [2.05, 4.69) is 207 Å². The van der Waals surface area contributed by atoms with Crippen molar-refractivity contribution in [2.24, 2.45) is 0 Å². The van der Waals surface area contributed by atoms with Crippen LogP contribution in [0.2, 0.25) is 0 Å². The van der Waals surface area contributed by atoms with Crippen LogP contribution in [0.1, 0.15) is 124 Å². The zero-order chi connectivity index (χ0) is 42.6. The smallest absolute Gasteiger partial charge is 0.0714 e. The molecule has 314 valence electrons. The SMILES string of the molecule is CCCCCCCC1(CCCCCCC)c2ccccc2-c2ccc(N(c3ccccc3)c3ccc4c(c3)C(c3ccccc3)(c3ccccc3)c3cc5ccccc5cc3-4)cc21. The Morgan fingerprint density at radius 1 is 0.333 bits per heavy atom. The lowest BCUT2D eigenvalue weighted by atomic mass is 9.67. The summed E-state index contributed by atoms with van der Waals surface area (Å²) in [7, 11) is 0. The normalized spacial score (nSPS) is 13.9. The highest BCUT2D eigenvalue weighted by atomic mass is 15.1. The van der Waals surface area contributed by atoms with Crippen molar-refractivity contribution in [1.82, 2.24) is 0 Å². The molecule has 2 aliphatic rings. The summed E-state index contributed by atoms with van der Waals surface area (Å²) in [6.45, 7) is 4.65. The summed E-state index contributed by atoms with van der Waals surface area (Å²) < 4.78 is 0. The third kappa shape index (κ3) is 7.20. The molecule has 1 nitrogen and oxygen atoms in total. The highest BCUT2D eigenvalue weighted by Crippen LogP contribution is 2.59. The standard InChI is InChI=1S/C62H61N/c1-3-5-7-9-24-40-61(41-25-10-8-6-4-2)57-35-23-22-34-53(57)54-38-36-51(44-58(54)61)63(50-32-18-13-19-33-50)52-37-39-55-56-42-46-26-20-21-27-47(46)43-59(56)62(60(55)45-52,48-28-14-11-15-29-48)49-30-16-12-17-31-49/h11-23,26-39,42-45H,3-10,24-25,40-41H2,1-2H3. The summed E-state index contributed by atoms with van der Waals surface area (Å²) in [5.41, 5.74) is 16.8. The first-order valence-electron chi connectivity index (χ1n) is 24.1. The Kier molecular flexibility index (Phi) is 11.6.